The highest BCUT2D eigenvalue weighted by atomic mass is 32.2. The van der Waals surface area contributed by atoms with Crippen LogP contribution in [0, 0.1) is 0 Å². The molecule has 0 atom stereocenters. The first-order valence-corrected chi connectivity index (χ1v) is 9.51. The van der Waals surface area contributed by atoms with Crippen molar-refractivity contribution in [2.75, 3.05) is 24.2 Å². The van der Waals surface area contributed by atoms with Gasteiger partial charge in [0.2, 0.25) is 10.0 Å². The molecule has 0 saturated heterocycles. The highest BCUT2D eigenvalue weighted by molar-refractivity contribution is 7.89. The summed E-state index contributed by atoms with van der Waals surface area (Å²) < 4.78 is 30.8. The summed E-state index contributed by atoms with van der Waals surface area (Å²) in [6, 6.07) is 16.8. The minimum Gasteiger partial charge on any atom is -0.457 e. The molecule has 0 aromatic heterocycles. The fraction of sp³-hybridized carbons (Fsp3) is 0.235. The summed E-state index contributed by atoms with van der Waals surface area (Å²) in [4.78, 5) is 4.09. The molecule has 2 aromatic rings. The van der Waals surface area contributed by atoms with Crippen LogP contribution in [-0.2, 0) is 10.0 Å². The van der Waals surface area contributed by atoms with Crippen LogP contribution >= 0.6 is 0 Å². The lowest BCUT2D eigenvalue weighted by molar-refractivity contribution is 0.483. The Bertz CT molecular complexity index is 808. The molecule has 0 heterocycles. The number of ether oxygens (including phenoxy) is 1. The molecular weight excluding hydrogens is 340 g/mol. The van der Waals surface area contributed by atoms with Crippen LogP contribution in [0.5, 0.6) is 11.5 Å². The Balaban J connectivity index is 1.89. The number of para-hydroxylation sites is 1. The van der Waals surface area contributed by atoms with Crippen molar-refractivity contribution in [2.24, 2.45) is 10.7 Å². The summed E-state index contributed by atoms with van der Waals surface area (Å²) >= 11 is 0. The molecule has 0 fully saturated rings. The van der Waals surface area contributed by atoms with Crippen LogP contribution in [0.15, 0.2) is 59.6 Å². The number of nitrogens with zero attached hydrogens (tertiary/aromatic N) is 1. The number of guanidine groups is 1. The molecule has 25 heavy (non-hydrogen) atoms. The molecule has 0 aliphatic heterocycles. The number of rotatable bonds is 8. The Morgan fingerprint density at radius 3 is 2.56 bits per heavy atom. The van der Waals surface area contributed by atoms with Crippen LogP contribution in [0.3, 0.4) is 0 Å². The molecule has 0 aliphatic rings. The van der Waals surface area contributed by atoms with Crippen molar-refractivity contribution in [1.29, 1.82) is 0 Å². The van der Waals surface area contributed by atoms with Gasteiger partial charge in [0.15, 0.2) is 5.96 Å². The average molecular weight is 362 g/mol. The highest BCUT2D eigenvalue weighted by Gasteiger charge is 2.04. The molecule has 0 unspecified atom stereocenters. The Morgan fingerprint density at radius 1 is 1.12 bits per heavy atom. The van der Waals surface area contributed by atoms with E-state index in [0.717, 1.165) is 11.4 Å². The standard InChI is InChI=1S/C17H22N4O3S/c1-2-25(22,23)20-12-11-19-17(18)21-14-7-6-10-16(13-14)24-15-8-4-3-5-9-15/h3-10,13,20H,2,11-12H2,1H3,(H3,18,19,21). The minimum absolute atomic E-state index is 0.0403. The predicted molar refractivity (Wildman–Crippen MR) is 101 cm³/mol. The van der Waals surface area contributed by atoms with Crippen molar-refractivity contribution in [3.8, 4) is 11.5 Å². The van der Waals surface area contributed by atoms with Crippen molar-refractivity contribution >= 4 is 21.7 Å². The smallest absolute Gasteiger partial charge is 0.211 e. The zero-order valence-corrected chi connectivity index (χ0v) is 14.8. The largest absolute Gasteiger partial charge is 0.457 e. The number of anilines is 1. The van der Waals surface area contributed by atoms with Gasteiger partial charge in [-0.3, -0.25) is 4.99 Å². The molecule has 0 spiro atoms. The van der Waals surface area contributed by atoms with Crippen molar-refractivity contribution in [1.82, 2.24) is 4.72 Å². The molecule has 8 heteroatoms. The molecule has 134 valence electrons. The number of benzene rings is 2. The van der Waals surface area contributed by atoms with Gasteiger partial charge in [-0.05, 0) is 31.2 Å². The number of nitrogens with one attached hydrogen (secondary N) is 2. The van der Waals surface area contributed by atoms with Crippen molar-refractivity contribution in [3.63, 3.8) is 0 Å². The zero-order valence-electron chi connectivity index (χ0n) is 14.0. The molecule has 7 nitrogen and oxygen atoms in total. The second-order valence-electron chi connectivity index (χ2n) is 5.13. The van der Waals surface area contributed by atoms with Crippen LogP contribution in [0.25, 0.3) is 0 Å². The minimum atomic E-state index is -3.21. The fourth-order valence-electron chi connectivity index (χ4n) is 1.93. The monoisotopic (exact) mass is 362 g/mol. The first-order valence-electron chi connectivity index (χ1n) is 7.86. The van der Waals surface area contributed by atoms with Crippen LogP contribution in [0.2, 0.25) is 0 Å². The van der Waals surface area contributed by atoms with Gasteiger partial charge in [0.1, 0.15) is 11.5 Å². The SMILES string of the molecule is CCS(=O)(=O)NCCN=C(N)Nc1cccc(Oc2ccccc2)c1. The van der Waals surface area contributed by atoms with Gasteiger partial charge in [0.25, 0.3) is 0 Å². The molecule has 0 amide bonds. The maximum Gasteiger partial charge on any atom is 0.211 e. The molecule has 4 N–H and O–H groups in total. The summed E-state index contributed by atoms with van der Waals surface area (Å²) in [5.74, 6) is 1.65. The predicted octanol–water partition coefficient (Wildman–Crippen LogP) is 2.14. The van der Waals surface area contributed by atoms with E-state index in [0.29, 0.717) is 5.75 Å². The van der Waals surface area contributed by atoms with E-state index in [1.165, 1.54) is 0 Å². The first-order chi connectivity index (χ1) is 12.0. The van der Waals surface area contributed by atoms with Crippen molar-refractivity contribution in [2.45, 2.75) is 6.92 Å². The molecule has 2 rings (SSSR count). The van der Waals surface area contributed by atoms with Gasteiger partial charge in [0.05, 0.1) is 12.3 Å². The number of aliphatic imine (C=N–C) groups is 1. The van der Waals surface area contributed by atoms with Crippen LogP contribution in [0.4, 0.5) is 5.69 Å². The molecule has 2 aromatic carbocycles. The van der Waals surface area contributed by atoms with Crippen LogP contribution in [-0.4, -0.2) is 33.2 Å². The summed E-state index contributed by atoms with van der Waals surface area (Å²) in [7, 11) is -3.21. The van der Waals surface area contributed by atoms with Crippen LogP contribution in [0.1, 0.15) is 6.92 Å². The van der Waals surface area contributed by atoms with Gasteiger partial charge in [-0.15, -0.1) is 0 Å². The Labute approximate surface area is 148 Å². The van der Waals surface area contributed by atoms with Gasteiger partial charge in [-0.1, -0.05) is 24.3 Å². The molecular formula is C17H22N4O3S. The topological polar surface area (TPSA) is 106 Å². The maximum absolute atomic E-state index is 11.3. The molecule has 0 bridgehead atoms. The Hall–Kier alpha value is -2.58. The lowest BCUT2D eigenvalue weighted by Crippen LogP contribution is -2.29. The van der Waals surface area contributed by atoms with E-state index < -0.39 is 10.0 Å². The molecule has 0 aliphatic carbocycles. The summed E-state index contributed by atoms with van der Waals surface area (Å²) in [6.07, 6.45) is 0. The molecule has 0 radical (unpaired) electrons. The lowest BCUT2D eigenvalue weighted by atomic mass is 10.3. The third-order valence-electron chi connectivity index (χ3n) is 3.18. The average Bonchev–Trinajstić information content (AvgIpc) is 2.60. The maximum atomic E-state index is 11.3. The summed E-state index contributed by atoms with van der Waals surface area (Å²) in [5.41, 5.74) is 6.54. The van der Waals surface area contributed by atoms with E-state index in [9.17, 15) is 8.42 Å². The van der Waals surface area contributed by atoms with E-state index in [1.807, 2.05) is 48.5 Å². The van der Waals surface area contributed by atoms with Gasteiger partial charge in [0, 0.05) is 18.3 Å². The van der Waals surface area contributed by atoms with Gasteiger partial charge < -0.3 is 15.8 Å². The normalized spacial score (nSPS) is 12.0. The zero-order chi connectivity index (χ0) is 18.1. The quantitative estimate of drug-likeness (QED) is 0.379. The second kappa shape index (κ2) is 9.05. The van der Waals surface area contributed by atoms with Crippen molar-refractivity contribution < 1.29 is 13.2 Å². The fourth-order valence-corrected chi connectivity index (χ4v) is 2.54. The lowest BCUT2D eigenvalue weighted by Gasteiger charge is -2.09. The summed E-state index contributed by atoms with van der Waals surface area (Å²) in [6.45, 7) is 2.03. The van der Waals surface area contributed by atoms with E-state index in [-0.39, 0.29) is 24.8 Å². The van der Waals surface area contributed by atoms with E-state index in [1.54, 1.807) is 13.0 Å². The number of hydrogen-bond acceptors (Lipinski definition) is 4. The third-order valence-corrected chi connectivity index (χ3v) is 4.59. The third kappa shape index (κ3) is 6.82. The van der Waals surface area contributed by atoms with Gasteiger partial charge in [-0.25, -0.2) is 13.1 Å². The summed E-state index contributed by atoms with van der Waals surface area (Å²) in [5, 5.41) is 2.95. The second-order valence-corrected chi connectivity index (χ2v) is 7.23. The van der Waals surface area contributed by atoms with E-state index in [2.05, 4.69) is 15.0 Å². The number of nitrogens with two attached hydrogens (primary N) is 1. The first kappa shape index (κ1) is 18.8. The molecule has 0 saturated carbocycles. The van der Waals surface area contributed by atoms with Gasteiger partial charge in [-0.2, -0.15) is 0 Å². The van der Waals surface area contributed by atoms with E-state index in [4.69, 9.17) is 10.5 Å². The number of sulfonamides is 1. The van der Waals surface area contributed by atoms with E-state index >= 15 is 0 Å². The van der Waals surface area contributed by atoms with Crippen LogP contribution < -0.4 is 20.5 Å². The Kier molecular flexibility index (Phi) is 6.79. The number of hydrogen-bond donors (Lipinski definition) is 3. The van der Waals surface area contributed by atoms with Crippen molar-refractivity contribution in [3.05, 3.63) is 54.6 Å². The highest BCUT2D eigenvalue weighted by Crippen LogP contribution is 2.23. The van der Waals surface area contributed by atoms with Gasteiger partial charge >= 0.3 is 0 Å². The Morgan fingerprint density at radius 2 is 1.84 bits per heavy atom.